The number of rotatable bonds is 6. The van der Waals surface area contributed by atoms with Crippen molar-refractivity contribution in [1.82, 2.24) is 10.6 Å². The first kappa shape index (κ1) is 19.7. The molecule has 1 aromatic rings. The smallest absolute Gasteiger partial charge is 0.371 e. The Morgan fingerprint density at radius 2 is 1.73 bits per heavy atom. The summed E-state index contributed by atoms with van der Waals surface area (Å²) in [5, 5.41) is 4.09. The summed E-state index contributed by atoms with van der Waals surface area (Å²) in [6.45, 7) is -0.608. The molecule has 9 heteroatoms. The van der Waals surface area contributed by atoms with Gasteiger partial charge in [-0.05, 0) is 37.1 Å². The molecule has 0 saturated carbocycles. The largest absolute Gasteiger partial charge is 0.405 e. The molecule has 0 unspecified atom stereocenters. The van der Waals surface area contributed by atoms with Crippen LogP contribution in [0.15, 0.2) is 24.3 Å². The van der Waals surface area contributed by atoms with Crippen molar-refractivity contribution in [3.05, 3.63) is 29.8 Å². The van der Waals surface area contributed by atoms with Crippen molar-refractivity contribution < 1.29 is 27.6 Å². The van der Waals surface area contributed by atoms with Crippen LogP contribution in [0.1, 0.15) is 23.2 Å². The van der Waals surface area contributed by atoms with E-state index in [1.165, 1.54) is 0 Å². The van der Waals surface area contributed by atoms with Crippen LogP contribution >= 0.6 is 0 Å². The van der Waals surface area contributed by atoms with E-state index in [-0.39, 0.29) is 11.8 Å². The first-order chi connectivity index (χ1) is 12.3. The summed E-state index contributed by atoms with van der Waals surface area (Å²) in [6.07, 6.45) is -2.56. The van der Waals surface area contributed by atoms with Gasteiger partial charge in [-0.1, -0.05) is 0 Å². The molecule has 26 heavy (non-hydrogen) atoms. The zero-order valence-corrected chi connectivity index (χ0v) is 14.0. The second-order valence-corrected chi connectivity index (χ2v) is 6.08. The second-order valence-electron chi connectivity index (χ2n) is 6.08. The first-order valence-electron chi connectivity index (χ1n) is 8.20. The quantitative estimate of drug-likeness (QED) is 0.743. The lowest BCUT2D eigenvalue weighted by Gasteiger charge is -2.33. The van der Waals surface area contributed by atoms with Crippen molar-refractivity contribution in [3.63, 3.8) is 0 Å². The third kappa shape index (κ3) is 6.05. The van der Waals surface area contributed by atoms with Gasteiger partial charge in [0.05, 0.1) is 6.54 Å². The van der Waals surface area contributed by atoms with E-state index in [1.54, 1.807) is 17.4 Å². The Kier molecular flexibility index (Phi) is 6.59. The lowest BCUT2D eigenvalue weighted by molar-refractivity contribution is -0.138. The molecule has 2 rings (SSSR count). The number of benzene rings is 1. The molecule has 2 amide bonds. The molecular weight excluding hydrogens is 351 g/mol. The number of nitrogens with zero attached hydrogens (tertiary/aromatic N) is 1. The maximum Gasteiger partial charge on any atom is 0.405 e. The molecule has 1 fully saturated rings. The highest BCUT2D eigenvalue weighted by molar-refractivity contribution is 5.86. The van der Waals surface area contributed by atoms with E-state index in [9.17, 15) is 27.6 Å². The molecule has 1 aliphatic heterocycles. The highest BCUT2D eigenvalue weighted by atomic mass is 19.4. The van der Waals surface area contributed by atoms with Crippen LogP contribution in [-0.4, -0.2) is 50.5 Å². The molecule has 0 atom stereocenters. The number of halogens is 3. The van der Waals surface area contributed by atoms with Gasteiger partial charge in [-0.3, -0.25) is 14.4 Å². The van der Waals surface area contributed by atoms with Crippen molar-refractivity contribution in [1.29, 1.82) is 0 Å². The number of amides is 2. The molecule has 2 N–H and O–H groups in total. The predicted octanol–water partition coefficient (Wildman–Crippen LogP) is 1.51. The van der Waals surface area contributed by atoms with Crippen LogP contribution in [0.3, 0.4) is 0 Å². The number of aldehydes is 1. The third-order valence-corrected chi connectivity index (χ3v) is 4.17. The summed E-state index contributed by atoms with van der Waals surface area (Å²) in [6, 6.07) is 7.13. The van der Waals surface area contributed by atoms with Crippen LogP contribution in [0.5, 0.6) is 0 Å². The molecule has 0 radical (unpaired) electrons. The summed E-state index contributed by atoms with van der Waals surface area (Å²) in [5.41, 5.74) is 1.55. The molecule has 1 aromatic carbocycles. The van der Waals surface area contributed by atoms with Gasteiger partial charge in [0.15, 0.2) is 0 Å². The van der Waals surface area contributed by atoms with E-state index >= 15 is 0 Å². The summed E-state index contributed by atoms with van der Waals surface area (Å²) >= 11 is 0. The summed E-state index contributed by atoms with van der Waals surface area (Å²) in [4.78, 5) is 36.1. The number of carbonyl (C=O) groups excluding carboxylic acids is 3. The summed E-state index contributed by atoms with van der Waals surface area (Å²) in [5.74, 6) is -1.48. The van der Waals surface area contributed by atoms with Crippen LogP contribution in [0.4, 0.5) is 18.9 Å². The van der Waals surface area contributed by atoms with Gasteiger partial charge in [0.2, 0.25) is 11.8 Å². The Balaban J connectivity index is 1.73. The summed E-state index contributed by atoms with van der Waals surface area (Å²) < 4.78 is 36.0. The fourth-order valence-electron chi connectivity index (χ4n) is 2.74. The lowest BCUT2D eigenvalue weighted by atomic mass is 9.95. The zero-order valence-electron chi connectivity index (χ0n) is 14.0. The average molecular weight is 371 g/mol. The number of nitrogens with one attached hydrogen (secondary N) is 2. The van der Waals surface area contributed by atoms with Crippen LogP contribution < -0.4 is 15.5 Å². The minimum absolute atomic E-state index is 0.282. The van der Waals surface area contributed by atoms with E-state index in [0.717, 1.165) is 12.0 Å². The molecule has 0 aromatic heterocycles. The van der Waals surface area contributed by atoms with Crippen LogP contribution in [0.2, 0.25) is 0 Å². The van der Waals surface area contributed by atoms with Crippen molar-refractivity contribution in [2.45, 2.75) is 19.0 Å². The molecule has 1 saturated heterocycles. The van der Waals surface area contributed by atoms with Crippen LogP contribution in [-0.2, 0) is 9.59 Å². The Bertz CT molecular complexity index is 639. The van der Waals surface area contributed by atoms with Gasteiger partial charge in [0, 0.05) is 30.3 Å². The molecule has 6 nitrogen and oxygen atoms in total. The van der Waals surface area contributed by atoms with Crippen molar-refractivity contribution >= 4 is 23.8 Å². The molecule has 0 bridgehead atoms. The van der Waals surface area contributed by atoms with Crippen molar-refractivity contribution in [2.75, 3.05) is 31.1 Å². The standard InChI is InChI=1S/C17H20F3N3O3/c18-17(19,20)11-22-15(25)9-21-16(26)13-5-7-23(8-6-13)14-3-1-12(10-24)2-4-14/h1-4,10,13H,5-9,11H2,(H,21,26)(H,22,25). The fourth-order valence-corrected chi connectivity index (χ4v) is 2.74. The van der Waals surface area contributed by atoms with Gasteiger partial charge in [-0.2, -0.15) is 13.2 Å². The predicted molar refractivity (Wildman–Crippen MR) is 88.8 cm³/mol. The highest BCUT2D eigenvalue weighted by Gasteiger charge is 2.28. The van der Waals surface area contributed by atoms with E-state index in [1.807, 2.05) is 12.1 Å². The Labute approximate surface area is 148 Å². The second kappa shape index (κ2) is 8.68. The van der Waals surface area contributed by atoms with E-state index in [0.29, 0.717) is 31.5 Å². The SMILES string of the molecule is O=Cc1ccc(N2CCC(C(=O)NCC(=O)NCC(F)(F)F)CC2)cc1. The topological polar surface area (TPSA) is 78.5 Å². The average Bonchev–Trinajstić information content (AvgIpc) is 2.64. The van der Waals surface area contributed by atoms with Crippen molar-refractivity contribution in [2.24, 2.45) is 5.92 Å². The minimum atomic E-state index is -4.48. The van der Waals surface area contributed by atoms with Gasteiger partial charge >= 0.3 is 6.18 Å². The Morgan fingerprint density at radius 1 is 1.12 bits per heavy atom. The molecule has 0 spiro atoms. The Hall–Kier alpha value is -2.58. The monoisotopic (exact) mass is 371 g/mol. The number of carbonyl (C=O) groups is 3. The normalized spacial score (nSPS) is 15.4. The molecule has 1 aliphatic rings. The van der Waals surface area contributed by atoms with E-state index in [2.05, 4.69) is 10.2 Å². The highest BCUT2D eigenvalue weighted by Crippen LogP contribution is 2.23. The Morgan fingerprint density at radius 3 is 2.27 bits per heavy atom. The van der Waals surface area contributed by atoms with Gasteiger partial charge in [0.25, 0.3) is 0 Å². The van der Waals surface area contributed by atoms with Gasteiger partial charge in [-0.25, -0.2) is 0 Å². The number of alkyl halides is 3. The molecule has 142 valence electrons. The third-order valence-electron chi connectivity index (χ3n) is 4.17. The summed E-state index contributed by atoms with van der Waals surface area (Å²) in [7, 11) is 0. The maximum absolute atomic E-state index is 12.1. The molecular formula is C17H20F3N3O3. The number of hydrogen-bond donors (Lipinski definition) is 2. The lowest BCUT2D eigenvalue weighted by Crippen LogP contribution is -2.45. The minimum Gasteiger partial charge on any atom is -0.371 e. The van der Waals surface area contributed by atoms with Crippen LogP contribution in [0, 0.1) is 5.92 Å². The molecule has 1 heterocycles. The van der Waals surface area contributed by atoms with Gasteiger partial charge in [-0.15, -0.1) is 0 Å². The number of anilines is 1. The molecule has 0 aliphatic carbocycles. The maximum atomic E-state index is 12.1. The fraction of sp³-hybridized carbons (Fsp3) is 0.471. The van der Waals surface area contributed by atoms with Gasteiger partial charge in [0.1, 0.15) is 12.8 Å². The first-order valence-corrected chi connectivity index (χ1v) is 8.20. The van der Waals surface area contributed by atoms with E-state index in [4.69, 9.17) is 0 Å². The number of piperidine rings is 1. The van der Waals surface area contributed by atoms with Gasteiger partial charge < -0.3 is 15.5 Å². The van der Waals surface area contributed by atoms with Crippen molar-refractivity contribution in [3.8, 4) is 0 Å². The number of hydrogen-bond acceptors (Lipinski definition) is 4. The zero-order chi connectivity index (χ0) is 19.2. The van der Waals surface area contributed by atoms with E-state index < -0.39 is 25.2 Å². The van der Waals surface area contributed by atoms with Crippen LogP contribution in [0.25, 0.3) is 0 Å².